The highest BCUT2D eigenvalue weighted by atomic mass is 19.4. The van der Waals surface area contributed by atoms with E-state index in [9.17, 15) is 13.2 Å². The highest BCUT2D eigenvalue weighted by Gasteiger charge is 2.30. The Labute approximate surface area is 113 Å². The van der Waals surface area contributed by atoms with Gasteiger partial charge in [0.25, 0.3) is 0 Å². The average molecular weight is 269 g/mol. The Kier molecular flexibility index (Phi) is 6.68. The summed E-state index contributed by atoms with van der Waals surface area (Å²) in [5, 5.41) is 0. The predicted molar refractivity (Wildman–Crippen MR) is 72.7 cm³/mol. The molecule has 19 heavy (non-hydrogen) atoms. The minimum absolute atomic E-state index is 0.550. The highest BCUT2D eigenvalue weighted by Crippen LogP contribution is 2.29. The van der Waals surface area contributed by atoms with Crippen LogP contribution in [0.4, 0.5) is 13.2 Å². The van der Waals surface area contributed by atoms with Crippen LogP contribution in [0.15, 0.2) is 36.4 Å². The lowest BCUT2D eigenvalue weighted by Crippen LogP contribution is -2.05. The van der Waals surface area contributed by atoms with Crippen LogP contribution in [0.3, 0.4) is 0 Å². The van der Waals surface area contributed by atoms with E-state index >= 15 is 0 Å². The topological polar surface area (TPSA) is 0 Å². The van der Waals surface area contributed by atoms with E-state index in [1.165, 1.54) is 12.1 Å². The maximum Gasteiger partial charge on any atom is 0.416 e. The molecule has 0 unspecified atom stereocenters. The summed E-state index contributed by atoms with van der Waals surface area (Å²) in [6, 6.07) is 5.62. The van der Waals surface area contributed by atoms with E-state index in [1.54, 1.807) is 12.1 Å². The lowest BCUT2D eigenvalue weighted by atomic mass is 10.0. The Bertz CT molecular complexity index is 391. The van der Waals surface area contributed by atoms with Gasteiger partial charge in [0.15, 0.2) is 0 Å². The largest absolute Gasteiger partial charge is 0.416 e. The highest BCUT2D eigenvalue weighted by molar-refractivity contribution is 5.25. The molecular formula is C16H20F3. The van der Waals surface area contributed by atoms with Gasteiger partial charge in [-0.05, 0) is 44.2 Å². The minimum atomic E-state index is -4.24. The second kappa shape index (κ2) is 8.03. The standard InChI is InChI=1S/C16H20F3/c1-2-3-4-5-6-7-8-10-14-11-9-12-15(13-14)16(17,18)19/h2-3,9,11-13H,1,4-8,10H2/b3-2+. The van der Waals surface area contributed by atoms with Crippen molar-refractivity contribution in [1.29, 1.82) is 0 Å². The number of alkyl halides is 3. The summed E-state index contributed by atoms with van der Waals surface area (Å²) in [5.74, 6) is 0. The molecule has 0 atom stereocenters. The molecule has 0 aliphatic rings. The zero-order valence-corrected chi connectivity index (χ0v) is 11.0. The van der Waals surface area contributed by atoms with Gasteiger partial charge in [0.1, 0.15) is 0 Å². The van der Waals surface area contributed by atoms with Crippen LogP contribution in [0.25, 0.3) is 0 Å². The van der Waals surface area contributed by atoms with Crippen molar-refractivity contribution in [2.75, 3.05) is 0 Å². The summed E-state index contributed by atoms with van der Waals surface area (Å²) in [6.07, 6.45) is 5.57. The Morgan fingerprint density at radius 1 is 1.05 bits per heavy atom. The predicted octanol–water partition coefficient (Wildman–Crippen LogP) is 5.59. The lowest BCUT2D eigenvalue weighted by Gasteiger charge is -2.08. The third kappa shape index (κ3) is 6.46. The number of halogens is 3. The van der Waals surface area contributed by atoms with E-state index in [1.807, 2.05) is 6.08 Å². The molecule has 0 spiro atoms. The van der Waals surface area contributed by atoms with Gasteiger partial charge in [0.05, 0.1) is 5.56 Å². The fourth-order valence-corrected chi connectivity index (χ4v) is 1.97. The first-order chi connectivity index (χ1) is 9.04. The van der Waals surface area contributed by atoms with Crippen LogP contribution in [-0.2, 0) is 12.6 Å². The Morgan fingerprint density at radius 2 is 1.79 bits per heavy atom. The molecule has 0 N–H and O–H groups in total. The molecular weight excluding hydrogens is 249 g/mol. The fourth-order valence-electron chi connectivity index (χ4n) is 1.97. The lowest BCUT2D eigenvalue weighted by molar-refractivity contribution is -0.137. The number of rotatable bonds is 7. The Morgan fingerprint density at radius 3 is 2.47 bits per heavy atom. The minimum Gasteiger partial charge on any atom is -0.166 e. The summed E-state index contributed by atoms with van der Waals surface area (Å²) >= 11 is 0. The van der Waals surface area contributed by atoms with Gasteiger partial charge >= 0.3 is 6.18 Å². The van der Waals surface area contributed by atoms with E-state index < -0.39 is 11.7 Å². The van der Waals surface area contributed by atoms with Crippen LogP contribution in [-0.4, -0.2) is 0 Å². The Hall–Kier alpha value is -1.25. The van der Waals surface area contributed by atoms with Crippen molar-refractivity contribution >= 4 is 0 Å². The van der Waals surface area contributed by atoms with Crippen LogP contribution < -0.4 is 0 Å². The van der Waals surface area contributed by atoms with Crippen LogP contribution >= 0.6 is 0 Å². The first-order valence-corrected chi connectivity index (χ1v) is 6.64. The van der Waals surface area contributed by atoms with Gasteiger partial charge in [-0.25, -0.2) is 0 Å². The molecule has 0 nitrogen and oxygen atoms in total. The van der Waals surface area contributed by atoms with Gasteiger partial charge < -0.3 is 0 Å². The molecule has 0 saturated carbocycles. The monoisotopic (exact) mass is 269 g/mol. The van der Waals surface area contributed by atoms with Crippen LogP contribution in [0.2, 0.25) is 0 Å². The van der Waals surface area contributed by atoms with E-state index in [0.717, 1.165) is 50.2 Å². The van der Waals surface area contributed by atoms with E-state index in [0.29, 0.717) is 0 Å². The van der Waals surface area contributed by atoms with Crippen LogP contribution in [0.1, 0.15) is 43.2 Å². The first kappa shape index (κ1) is 15.8. The van der Waals surface area contributed by atoms with Crippen molar-refractivity contribution < 1.29 is 13.2 Å². The van der Waals surface area contributed by atoms with Crippen molar-refractivity contribution in [3.05, 3.63) is 54.5 Å². The average Bonchev–Trinajstić information content (AvgIpc) is 2.37. The summed E-state index contributed by atoms with van der Waals surface area (Å²) < 4.78 is 37.6. The normalized spacial score (nSPS) is 12.2. The molecule has 1 radical (unpaired) electrons. The van der Waals surface area contributed by atoms with Gasteiger partial charge in [0.2, 0.25) is 0 Å². The molecule has 0 aromatic heterocycles. The van der Waals surface area contributed by atoms with Gasteiger partial charge in [0, 0.05) is 0 Å². The maximum atomic E-state index is 12.5. The van der Waals surface area contributed by atoms with Crippen molar-refractivity contribution in [3.8, 4) is 0 Å². The van der Waals surface area contributed by atoms with Gasteiger partial charge in [-0.3, -0.25) is 0 Å². The smallest absolute Gasteiger partial charge is 0.166 e. The fraction of sp³-hybridized carbons (Fsp3) is 0.438. The van der Waals surface area contributed by atoms with Crippen molar-refractivity contribution in [2.24, 2.45) is 0 Å². The number of unbranched alkanes of at least 4 members (excludes halogenated alkanes) is 4. The zero-order chi connectivity index (χ0) is 14.1. The first-order valence-electron chi connectivity index (χ1n) is 6.64. The molecule has 1 aromatic carbocycles. The van der Waals surface area contributed by atoms with Crippen LogP contribution in [0.5, 0.6) is 0 Å². The van der Waals surface area contributed by atoms with Crippen molar-refractivity contribution in [2.45, 2.75) is 44.7 Å². The van der Waals surface area contributed by atoms with Gasteiger partial charge in [-0.15, -0.1) is 0 Å². The van der Waals surface area contributed by atoms with E-state index in [4.69, 9.17) is 0 Å². The molecule has 1 aromatic rings. The summed E-state index contributed by atoms with van der Waals surface area (Å²) in [4.78, 5) is 0. The number of hydrogen-bond donors (Lipinski definition) is 0. The molecule has 105 valence electrons. The Balaban J connectivity index is 2.30. The van der Waals surface area contributed by atoms with Crippen LogP contribution in [0, 0.1) is 6.92 Å². The molecule has 0 fully saturated rings. The number of aryl methyl sites for hydroxylation is 1. The molecule has 0 aliphatic carbocycles. The zero-order valence-electron chi connectivity index (χ0n) is 11.0. The number of allylic oxidation sites excluding steroid dienone is 2. The molecule has 0 heterocycles. The van der Waals surface area contributed by atoms with Crippen molar-refractivity contribution in [3.63, 3.8) is 0 Å². The molecule has 3 heteroatoms. The molecule has 0 aliphatic heterocycles. The summed E-state index contributed by atoms with van der Waals surface area (Å²) in [6.45, 7) is 3.61. The van der Waals surface area contributed by atoms with E-state index in [2.05, 4.69) is 6.92 Å². The number of benzene rings is 1. The third-order valence-corrected chi connectivity index (χ3v) is 3.01. The quantitative estimate of drug-likeness (QED) is 0.566. The third-order valence-electron chi connectivity index (χ3n) is 3.01. The second-order valence-corrected chi connectivity index (χ2v) is 4.62. The number of hydrogen-bond acceptors (Lipinski definition) is 0. The molecule has 0 saturated heterocycles. The molecule has 0 bridgehead atoms. The van der Waals surface area contributed by atoms with Gasteiger partial charge in [-0.2, -0.15) is 13.2 Å². The van der Waals surface area contributed by atoms with Crippen molar-refractivity contribution in [1.82, 2.24) is 0 Å². The maximum absolute atomic E-state index is 12.5. The summed E-state index contributed by atoms with van der Waals surface area (Å²) in [7, 11) is 0. The van der Waals surface area contributed by atoms with E-state index in [-0.39, 0.29) is 0 Å². The SMILES string of the molecule is [CH2]/C=C/CCCCCCc1cccc(C(F)(F)F)c1. The van der Waals surface area contributed by atoms with Gasteiger partial charge in [-0.1, -0.05) is 43.2 Å². The molecule has 1 rings (SSSR count). The second-order valence-electron chi connectivity index (χ2n) is 4.62. The molecule has 0 amide bonds. The summed E-state index contributed by atoms with van der Waals surface area (Å²) in [5.41, 5.74) is 0.220.